The number of benzene rings is 1. The van der Waals surface area contributed by atoms with E-state index in [-0.39, 0.29) is 17.9 Å². The lowest BCUT2D eigenvalue weighted by Gasteiger charge is -2.15. The van der Waals surface area contributed by atoms with Gasteiger partial charge >= 0.3 is 5.97 Å². The number of nitrogens with one attached hydrogen (secondary N) is 2. The van der Waals surface area contributed by atoms with Gasteiger partial charge in [0, 0.05) is 24.1 Å². The van der Waals surface area contributed by atoms with Crippen LogP contribution in [0, 0.1) is 17.2 Å². The molecule has 0 aliphatic rings. The molecule has 0 fully saturated rings. The lowest BCUT2D eigenvalue weighted by molar-refractivity contribution is -0.139. The van der Waals surface area contributed by atoms with E-state index in [1.807, 2.05) is 6.07 Å². The number of aliphatic carboxylic acids is 1. The van der Waals surface area contributed by atoms with E-state index >= 15 is 0 Å². The molecule has 7 heteroatoms. The summed E-state index contributed by atoms with van der Waals surface area (Å²) in [5, 5.41) is 22.8. The van der Waals surface area contributed by atoms with E-state index in [1.54, 1.807) is 19.1 Å². The molecule has 1 aromatic carbocycles. The third-order valence-corrected chi connectivity index (χ3v) is 2.88. The SMILES string of the molecule is CC(=O)Nc1ccc(C(=O)N[C@H](C[C@@H](C)C#N)C(=O)O)cc1. The molecular formula is C15H17N3O4. The average Bonchev–Trinajstić information content (AvgIpc) is 2.46. The van der Waals surface area contributed by atoms with Crippen molar-refractivity contribution in [1.82, 2.24) is 5.32 Å². The summed E-state index contributed by atoms with van der Waals surface area (Å²) in [5.74, 6) is -2.45. The molecule has 22 heavy (non-hydrogen) atoms. The van der Waals surface area contributed by atoms with E-state index in [9.17, 15) is 14.4 Å². The van der Waals surface area contributed by atoms with Gasteiger partial charge in [-0.15, -0.1) is 0 Å². The second-order valence-electron chi connectivity index (χ2n) is 4.89. The van der Waals surface area contributed by atoms with E-state index in [4.69, 9.17) is 10.4 Å². The lowest BCUT2D eigenvalue weighted by Crippen LogP contribution is -2.41. The van der Waals surface area contributed by atoms with Crippen molar-refractivity contribution < 1.29 is 19.5 Å². The van der Waals surface area contributed by atoms with Crippen LogP contribution in [0.25, 0.3) is 0 Å². The molecule has 0 bridgehead atoms. The van der Waals surface area contributed by atoms with Gasteiger partial charge in [0.25, 0.3) is 5.91 Å². The van der Waals surface area contributed by atoms with E-state index in [2.05, 4.69) is 10.6 Å². The minimum Gasteiger partial charge on any atom is -0.480 e. The first-order chi connectivity index (χ1) is 10.3. The Balaban J connectivity index is 2.75. The Morgan fingerprint density at radius 3 is 2.32 bits per heavy atom. The van der Waals surface area contributed by atoms with E-state index in [0.29, 0.717) is 5.69 Å². The van der Waals surface area contributed by atoms with Crippen molar-refractivity contribution in [2.75, 3.05) is 5.32 Å². The smallest absolute Gasteiger partial charge is 0.326 e. The van der Waals surface area contributed by atoms with E-state index in [0.717, 1.165) is 0 Å². The molecule has 0 aromatic heterocycles. The zero-order chi connectivity index (χ0) is 16.7. The predicted molar refractivity (Wildman–Crippen MR) is 79.0 cm³/mol. The molecule has 1 aromatic rings. The molecule has 0 radical (unpaired) electrons. The van der Waals surface area contributed by atoms with Crippen LogP contribution in [0.1, 0.15) is 30.6 Å². The van der Waals surface area contributed by atoms with Crippen molar-refractivity contribution in [3.05, 3.63) is 29.8 Å². The first-order valence-electron chi connectivity index (χ1n) is 6.64. The van der Waals surface area contributed by atoms with Crippen LogP contribution >= 0.6 is 0 Å². The van der Waals surface area contributed by atoms with Gasteiger partial charge in [-0.1, -0.05) is 0 Å². The first-order valence-corrected chi connectivity index (χ1v) is 6.64. The van der Waals surface area contributed by atoms with Crippen LogP contribution < -0.4 is 10.6 Å². The molecule has 0 saturated heterocycles. The van der Waals surface area contributed by atoms with Gasteiger partial charge in [0.05, 0.1) is 6.07 Å². The molecule has 2 amide bonds. The van der Waals surface area contributed by atoms with Crippen LogP contribution in [0.4, 0.5) is 5.69 Å². The van der Waals surface area contributed by atoms with Gasteiger partial charge < -0.3 is 15.7 Å². The topological polar surface area (TPSA) is 119 Å². The Morgan fingerprint density at radius 1 is 1.27 bits per heavy atom. The maximum absolute atomic E-state index is 12.0. The van der Waals surface area contributed by atoms with Gasteiger partial charge in [0.15, 0.2) is 0 Å². The van der Waals surface area contributed by atoms with Gasteiger partial charge in [-0.3, -0.25) is 9.59 Å². The van der Waals surface area contributed by atoms with Crippen molar-refractivity contribution in [1.29, 1.82) is 5.26 Å². The van der Waals surface area contributed by atoms with Crippen LogP contribution in [0.3, 0.4) is 0 Å². The third kappa shape index (κ3) is 5.25. The lowest BCUT2D eigenvalue weighted by atomic mass is 10.0. The Bertz CT molecular complexity index is 604. The number of nitrogens with zero attached hydrogens (tertiary/aromatic N) is 1. The molecule has 7 nitrogen and oxygen atoms in total. The highest BCUT2D eigenvalue weighted by Crippen LogP contribution is 2.11. The minimum absolute atomic E-state index is 0.0293. The summed E-state index contributed by atoms with van der Waals surface area (Å²) < 4.78 is 0. The summed E-state index contributed by atoms with van der Waals surface area (Å²) in [4.78, 5) is 34.0. The number of hydrogen-bond acceptors (Lipinski definition) is 4. The zero-order valence-corrected chi connectivity index (χ0v) is 12.3. The Hall–Kier alpha value is -2.88. The van der Waals surface area contributed by atoms with Gasteiger partial charge in [0.1, 0.15) is 6.04 Å². The number of rotatable bonds is 6. The maximum Gasteiger partial charge on any atom is 0.326 e. The predicted octanol–water partition coefficient (Wildman–Crippen LogP) is 1.38. The van der Waals surface area contributed by atoms with Crippen LogP contribution in [0.5, 0.6) is 0 Å². The number of carbonyl (C=O) groups excluding carboxylic acids is 2. The highest BCUT2D eigenvalue weighted by atomic mass is 16.4. The summed E-state index contributed by atoms with van der Waals surface area (Å²) in [6.07, 6.45) is 0.0293. The van der Waals surface area contributed by atoms with Crippen molar-refractivity contribution >= 4 is 23.5 Å². The summed E-state index contributed by atoms with van der Waals surface area (Å²) in [6, 6.07) is 6.86. The molecule has 1 rings (SSSR count). The summed E-state index contributed by atoms with van der Waals surface area (Å²) in [7, 11) is 0. The standard InChI is InChI=1S/C15H17N3O4/c1-9(8-16)7-13(15(21)22)18-14(20)11-3-5-12(6-4-11)17-10(2)19/h3-6,9,13H,7H2,1-2H3,(H,17,19)(H,18,20)(H,21,22)/t9-,13-/m1/s1. The fourth-order valence-corrected chi connectivity index (χ4v) is 1.78. The van der Waals surface area contributed by atoms with Crippen LogP contribution in [0.15, 0.2) is 24.3 Å². The van der Waals surface area contributed by atoms with Crippen LogP contribution in [-0.4, -0.2) is 28.9 Å². The average molecular weight is 303 g/mol. The van der Waals surface area contributed by atoms with Crippen molar-refractivity contribution in [3.8, 4) is 6.07 Å². The molecule has 3 N–H and O–H groups in total. The van der Waals surface area contributed by atoms with Crippen LogP contribution in [-0.2, 0) is 9.59 Å². The number of nitriles is 1. The molecule has 0 spiro atoms. The molecule has 116 valence electrons. The van der Waals surface area contributed by atoms with Gasteiger partial charge in [-0.2, -0.15) is 5.26 Å². The molecule has 2 atom stereocenters. The van der Waals surface area contributed by atoms with Crippen LogP contribution in [0.2, 0.25) is 0 Å². The first kappa shape index (κ1) is 17.2. The minimum atomic E-state index is -1.19. The monoisotopic (exact) mass is 303 g/mol. The van der Waals surface area contributed by atoms with Crippen molar-refractivity contribution in [3.63, 3.8) is 0 Å². The molecule has 0 aliphatic carbocycles. The van der Waals surface area contributed by atoms with Gasteiger partial charge in [0.2, 0.25) is 5.91 Å². The second kappa shape index (κ2) is 7.78. The Morgan fingerprint density at radius 2 is 1.86 bits per heavy atom. The molecule has 0 heterocycles. The number of carboxylic acids is 1. The highest BCUT2D eigenvalue weighted by molar-refractivity contribution is 5.97. The van der Waals surface area contributed by atoms with Gasteiger partial charge in [-0.25, -0.2) is 4.79 Å². The summed E-state index contributed by atoms with van der Waals surface area (Å²) in [6.45, 7) is 2.96. The molecular weight excluding hydrogens is 286 g/mol. The number of amides is 2. The van der Waals surface area contributed by atoms with Crippen molar-refractivity contribution in [2.45, 2.75) is 26.3 Å². The van der Waals surface area contributed by atoms with E-state index in [1.165, 1.54) is 19.1 Å². The van der Waals surface area contributed by atoms with Crippen molar-refractivity contribution in [2.24, 2.45) is 5.92 Å². The number of carbonyl (C=O) groups is 3. The third-order valence-electron chi connectivity index (χ3n) is 2.88. The highest BCUT2D eigenvalue weighted by Gasteiger charge is 2.23. The maximum atomic E-state index is 12.0. The van der Waals surface area contributed by atoms with Gasteiger partial charge in [-0.05, 0) is 37.6 Å². The quantitative estimate of drug-likeness (QED) is 0.733. The second-order valence-corrected chi connectivity index (χ2v) is 4.89. The largest absolute Gasteiger partial charge is 0.480 e. The van der Waals surface area contributed by atoms with E-state index < -0.39 is 23.8 Å². The normalized spacial score (nSPS) is 12.6. The summed E-state index contributed by atoms with van der Waals surface area (Å²) >= 11 is 0. The fourth-order valence-electron chi connectivity index (χ4n) is 1.78. The Kier molecular flexibility index (Phi) is 6.08. The number of carboxylic acid groups (broad SMARTS) is 1. The zero-order valence-electron chi connectivity index (χ0n) is 12.3. The fraction of sp³-hybridized carbons (Fsp3) is 0.333. The molecule has 0 saturated carbocycles. The number of hydrogen-bond donors (Lipinski definition) is 3. The molecule has 0 unspecified atom stereocenters. The molecule has 0 aliphatic heterocycles. The Labute approximate surface area is 127 Å². The summed E-state index contributed by atoms with van der Waals surface area (Å²) in [5.41, 5.74) is 0.807. The number of anilines is 1.